The zero-order valence-electron chi connectivity index (χ0n) is 11.6. The van der Waals surface area contributed by atoms with Crippen molar-refractivity contribution in [2.24, 2.45) is 5.10 Å². The van der Waals surface area contributed by atoms with Crippen molar-refractivity contribution in [3.8, 4) is 5.75 Å². The van der Waals surface area contributed by atoms with E-state index in [-0.39, 0.29) is 5.82 Å². The average molecular weight is 272 g/mol. The molecular weight excluding hydrogens is 255 g/mol. The Morgan fingerprint density at radius 1 is 1.05 bits per heavy atom. The number of ether oxygens (including phenoxy) is 1. The van der Waals surface area contributed by atoms with Crippen LogP contribution in [0.1, 0.15) is 11.1 Å². The minimum atomic E-state index is -0.238. The maximum atomic E-state index is 12.8. The van der Waals surface area contributed by atoms with Crippen molar-refractivity contribution in [3.05, 3.63) is 65.5 Å². The monoisotopic (exact) mass is 272 g/mol. The summed E-state index contributed by atoms with van der Waals surface area (Å²) in [6.45, 7) is 0.422. The molecule has 2 aromatic rings. The zero-order chi connectivity index (χ0) is 14.4. The van der Waals surface area contributed by atoms with Gasteiger partial charge >= 0.3 is 0 Å². The average Bonchev–Trinajstić information content (AvgIpc) is 2.45. The third-order valence-corrected chi connectivity index (χ3v) is 2.64. The predicted octanol–water partition coefficient (Wildman–Crippen LogP) is 3.30. The summed E-state index contributed by atoms with van der Waals surface area (Å²) in [5.74, 6) is 0.537. The molecule has 4 heteroatoms. The number of hydrogen-bond acceptors (Lipinski definition) is 3. The van der Waals surface area contributed by atoms with Gasteiger partial charge in [0.15, 0.2) is 0 Å². The number of benzene rings is 2. The Labute approximate surface area is 118 Å². The summed E-state index contributed by atoms with van der Waals surface area (Å²) in [5.41, 5.74) is 1.94. The van der Waals surface area contributed by atoms with Crippen LogP contribution < -0.4 is 4.74 Å². The van der Waals surface area contributed by atoms with E-state index < -0.39 is 0 Å². The van der Waals surface area contributed by atoms with Gasteiger partial charge in [-0.25, -0.2) is 4.39 Å². The lowest BCUT2D eigenvalue weighted by molar-refractivity contribution is 0.306. The van der Waals surface area contributed by atoms with Crippen molar-refractivity contribution in [1.29, 1.82) is 0 Å². The highest BCUT2D eigenvalue weighted by molar-refractivity contribution is 5.79. The van der Waals surface area contributed by atoms with Gasteiger partial charge in [-0.15, -0.1) is 0 Å². The first-order chi connectivity index (χ1) is 9.63. The van der Waals surface area contributed by atoms with Crippen LogP contribution in [0.15, 0.2) is 53.6 Å². The van der Waals surface area contributed by atoms with Crippen LogP contribution in [0.25, 0.3) is 0 Å². The Bertz CT molecular complexity index is 562. The fourth-order valence-electron chi connectivity index (χ4n) is 1.58. The Morgan fingerprint density at radius 3 is 2.30 bits per heavy atom. The van der Waals surface area contributed by atoms with E-state index >= 15 is 0 Å². The summed E-state index contributed by atoms with van der Waals surface area (Å²) in [6.07, 6.45) is 1.78. The topological polar surface area (TPSA) is 24.8 Å². The molecule has 0 saturated carbocycles. The summed E-state index contributed by atoms with van der Waals surface area (Å²) < 4.78 is 18.4. The largest absolute Gasteiger partial charge is 0.489 e. The standard InChI is InChI=1S/C16H17FN2O/c1-19(2)18-11-13-5-9-16(10-6-13)20-12-14-3-7-15(17)8-4-14/h3-11H,12H2,1-2H3/b18-11+. The van der Waals surface area contributed by atoms with E-state index in [0.717, 1.165) is 16.9 Å². The lowest BCUT2D eigenvalue weighted by Crippen LogP contribution is -2.01. The van der Waals surface area contributed by atoms with Gasteiger partial charge in [-0.2, -0.15) is 5.10 Å². The Kier molecular flexibility index (Phi) is 4.71. The van der Waals surface area contributed by atoms with E-state index in [0.29, 0.717) is 6.61 Å². The number of halogens is 1. The van der Waals surface area contributed by atoms with E-state index in [1.54, 1.807) is 23.4 Å². The molecule has 20 heavy (non-hydrogen) atoms. The summed E-state index contributed by atoms with van der Waals surface area (Å²) in [5, 5.41) is 5.89. The second-order valence-corrected chi connectivity index (χ2v) is 4.58. The Morgan fingerprint density at radius 2 is 1.70 bits per heavy atom. The molecule has 104 valence electrons. The SMILES string of the molecule is CN(C)/N=C/c1ccc(OCc2ccc(F)cc2)cc1. The normalized spacial score (nSPS) is 10.8. The number of nitrogens with zero attached hydrogens (tertiary/aromatic N) is 2. The maximum absolute atomic E-state index is 12.8. The molecule has 0 aliphatic rings. The molecule has 0 fully saturated rings. The van der Waals surface area contributed by atoms with Gasteiger partial charge in [0.25, 0.3) is 0 Å². The summed E-state index contributed by atoms with van der Waals surface area (Å²) in [4.78, 5) is 0. The van der Waals surface area contributed by atoms with Crippen LogP contribution >= 0.6 is 0 Å². The highest BCUT2D eigenvalue weighted by atomic mass is 19.1. The molecular formula is C16H17FN2O. The van der Waals surface area contributed by atoms with Gasteiger partial charge in [0, 0.05) is 14.1 Å². The second-order valence-electron chi connectivity index (χ2n) is 4.58. The van der Waals surface area contributed by atoms with Crippen molar-refractivity contribution >= 4 is 6.21 Å². The Balaban J connectivity index is 1.92. The van der Waals surface area contributed by atoms with Crippen LogP contribution in [0.2, 0.25) is 0 Å². The van der Waals surface area contributed by atoms with Gasteiger partial charge in [-0.1, -0.05) is 12.1 Å². The molecule has 0 radical (unpaired) electrons. The van der Waals surface area contributed by atoms with E-state index in [1.807, 2.05) is 38.4 Å². The first kappa shape index (κ1) is 14.1. The molecule has 0 N–H and O–H groups in total. The minimum Gasteiger partial charge on any atom is -0.489 e. The van der Waals surface area contributed by atoms with Gasteiger partial charge in [-0.05, 0) is 47.5 Å². The van der Waals surface area contributed by atoms with E-state index in [9.17, 15) is 4.39 Å². The van der Waals surface area contributed by atoms with Gasteiger partial charge in [0.1, 0.15) is 18.2 Å². The summed E-state index contributed by atoms with van der Waals surface area (Å²) in [6, 6.07) is 13.9. The smallest absolute Gasteiger partial charge is 0.123 e. The molecule has 0 bridgehead atoms. The van der Waals surface area contributed by atoms with Crippen molar-refractivity contribution in [3.63, 3.8) is 0 Å². The lowest BCUT2D eigenvalue weighted by atomic mass is 10.2. The fraction of sp³-hybridized carbons (Fsp3) is 0.188. The van der Waals surface area contributed by atoms with Gasteiger partial charge in [-0.3, -0.25) is 0 Å². The quantitative estimate of drug-likeness (QED) is 0.616. The number of rotatable bonds is 5. The van der Waals surface area contributed by atoms with Gasteiger partial charge in [0.05, 0.1) is 6.21 Å². The van der Waals surface area contributed by atoms with Gasteiger partial charge in [0.2, 0.25) is 0 Å². The van der Waals surface area contributed by atoms with Crippen LogP contribution in [-0.2, 0) is 6.61 Å². The second kappa shape index (κ2) is 6.70. The number of hydrazone groups is 1. The van der Waals surface area contributed by atoms with Crippen molar-refractivity contribution < 1.29 is 9.13 Å². The maximum Gasteiger partial charge on any atom is 0.123 e. The summed E-state index contributed by atoms with van der Waals surface area (Å²) in [7, 11) is 3.74. The highest BCUT2D eigenvalue weighted by Gasteiger charge is 1.97. The molecule has 2 rings (SSSR count). The minimum absolute atomic E-state index is 0.238. The molecule has 0 unspecified atom stereocenters. The number of hydrogen-bond donors (Lipinski definition) is 0. The molecule has 2 aromatic carbocycles. The van der Waals surface area contributed by atoms with Crippen molar-refractivity contribution in [2.45, 2.75) is 6.61 Å². The van der Waals surface area contributed by atoms with E-state index in [2.05, 4.69) is 5.10 Å². The van der Waals surface area contributed by atoms with Gasteiger partial charge < -0.3 is 9.75 Å². The summed E-state index contributed by atoms with van der Waals surface area (Å²) >= 11 is 0. The van der Waals surface area contributed by atoms with Crippen LogP contribution in [0, 0.1) is 5.82 Å². The predicted molar refractivity (Wildman–Crippen MR) is 78.5 cm³/mol. The molecule has 0 aliphatic heterocycles. The van der Waals surface area contributed by atoms with Crippen molar-refractivity contribution in [2.75, 3.05) is 14.1 Å². The zero-order valence-corrected chi connectivity index (χ0v) is 11.6. The molecule has 0 heterocycles. The molecule has 0 saturated heterocycles. The van der Waals surface area contributed by atoms with Crippen LogP contribution in [0.3, 0.4) is 0 Å². The fourth-order valence-corrected chi connectivity index (χ4v) is 1.58. The highest BCUT2D eigenvalue weighted by Crippen LogP contribution is 2.14. The van der Waals surface area contributed by atoms with Crippen molar-refractivity contribution in [1.82, 2.24) is 5.01 Å². The first-order valence-electron chi connectivity index (χ1n) is 6.32. The van der Waals surface area contributed by atoms with Crippen LogP contribution in [0.5, 0.6) is 5.75 Å². The molecule has 0 atom stereocenters. The molecule has 0 amide bonds. The third-order valence-electron chi connectivity index (χ3n) is 2.64. The lowest BCUT2D eigenvalue weighted by Gasteiger charge is -2.07. The molecule has 0 aliphatic carbocycles. The molecule has 0 aromatic heterocycles. The first-order valence-corrected chi connectivity index (χ1v) is 6.32. The van der Waals surface area contributed by atoms with E-state index in [4.69, 9.17) is 4.74 Å². The Hall–Kier alpha value is -2.36. The van der Waals surface area contributed by atoms with E-state index in [1.165, 1.54) is 12.1 Å². The van der Waals surface area contributed by atoms with Crippen LogP contribution in [0.4, 0.5) is 4.39 Å². The molecule has 0 spiro atoms. The van der Waals surface area contributed by atoms with Crippen LogP contribution in [-0.4, -0.2) is 25.3 Å². The third kappa shape index (κ3) is 4.39. The molecule has 3 nitrogen and oxygen atoms in total.